The van der Waals surface area contributed by atoms with Crippen molar-refractivity contribution in [2.24, 2.45) is 0 Å². The molecule has 1 aliphatic rings. The Morgan fingerprint density at radius 3 is 2.76 bits per heavy atom. The number of ether oxygens (including phenoxy) is 1. The van der Waals surface area contributed by atoms with Crippen LogP contribution in [0.4, 0.5) is 0 Å². The lowest BCUT2D eigenvalue weighted by Gasteiger charge is -2.10. The van der Waals surface area contributed by atoms with Crippen molar-refractivity contribution < 1.29 is 4.74 Å². The Labute approximate surface area is 123 Å². The molecule has 0 saturated heterocycles. The molecule has 0 aromatic carbocycles. The third kappa shape index (κ3) is 4.63. The van der Waals surface area contributed by atoms with Crippen LogP contribution >= 0.6 is 43.2 Å². The topological polar surface area (TPSA) is 21.3 Å². The van der Waals surface area contributed by atoms with Crippen LogP contribution in [0.3, 0.4) is 0 Å². The molecule has 1 N–H and O–H groups in total. The Morgan fingerprint density at radius 2 is 2.12 bits per heavy atom. The van der Waals surface area contributed by atoms with Crippen molar-refractivity contribution in [1.29, 1.82) is 0 Å². The Hall–Kier alpha value is 0.580. The molecule has 0 unspecified atom stereocenters. The molecule has 1 aromatic rings. The highest BCUT2D eigenvalue weighted by molar-refractivity contribution is 9.13. The van der Waals surface area contributed by atoms with E-state index < -0.39 is 0 Å². The summed E-state index contributed by atoms with van der Waals surface area (Å²) in [6.07, 6.45) is 5.72. The first-order valence-corrected chi connectivity index (χ1v) is 8.42. The fourth-order valence-corrected chi connectivity index (χ4v) is 4.19. The second-order valence-corrected chi connectivity index (χ2v) is 7.60. The molecule has 1 heterocycles. The van der Waals surface area contributed by atoms with Crippen LogP contribution in [0.25, 0.3) is 0 Å². The minimum absolute atomic E-state index is 0.529. The normalized spacial score (nSPS) is 16.8. The second-order valence-electron chi connectivity index (χ2n) is 4.29. The molecular formula is C12H17Br2NOS. The molecule has 2 nitrogen and oxygen atoms in total. The molecule has 5 heteroatoms. The van der Waals surface area contributed by atoms with Gasteiger partial charge in [0, 0.05) is 22.4 Å². The van der Waals surface area contributed by atoms with Gasteiger partial charge in [0.25, 0.3) is 0 Å². The van der Waals surface area contributed by atoms with Gasteiger partial charge < -0.3 is 10.1 Å². The van der Waals surface area contributed by atoms with Gasteiger partial charge in [-0.3, -0.25) is 0 Å². The van der Waals surface area contributed by atoms with E-state index in [4.69, 9.17) is 4.74 Å². The van der Waals surface area contributed by atoms with Gasteiger partial charge in [-0.05, 0) is 50.8 Å². The number of nitrogens with one attached hydrogen (secondary N) is 1. The maximum absolute atomic E-state index is 5.79. The smallest absolute Gasteiger partial charge is 0.0843 e. The van der Waals surface area contributed by atoms with Crippen molar-refractivity contribution in [3.05, 3.63) is 19.2 Å². The molecule has 96 valence electrons. The van der Waals surface area contributed by atoms with Crippen molar-refractivity contribution in [3.8, 4) is 0 Å². The first-order valence-electron chi connectivity index (χ1n) is 6.02. The summed E-state index contributed by atoms with van der Waals surface area (Å²) in [6.45, 7) is 2.69. The zero-order valence-electron chi connectivity index (χ0n) is 9.68. The molecule has 0 atom stereocenters. The predicted molar refractivity (Wildman–Crippen MR) is 79.6 cm³/mol. The maximum atomic E-state index is 5.79. The van der Waals surface area contributed by atoms with E-state index in [2.05, 4.69) is 43.2 Å². The SMILES string of the molecule is Brc1cc(CNCCOC2CCCC2)sc1Br. The van der Waals surface area contributed by atoms with Crippen molar-refractivity contribution in [2.75, 3.05) is 13.2 Å². The Morgan fingerprint density at radius 1 is 1.35 bits per heavy atom. The van der Waals surface area contributed by atoms with E-state index in [-0.39, 0.29) is 0 Å². The molecule has 0 bridgehead atoms. The highest BCUT2D eigenvalue weighted by Crippen LogP contribution is 2.32. The lowest BCUT2D eigenvalue weighted by Crippen LogP contribution is -2.21. The molecule has 2 rings (SSSR count). The van der Waals surface area contributed by atoms with E-state index in [1.807, 2.05) is 0 Å². The van der Waals surface area contributed by atoms with Gasteiger partial charge in [0.05, 0.1) is 16.5 Å². The maximum Gasteiger partial charge on any atom is 0.0843 e. The van der Waals surface area contributed by atoms with Crippen LogP contribution in [-0.2, 0) is 11.3 Å². The molecule has 0 radical (unpaired) electrons. The largest absolute Gasteiger partial charge is 0.377 e. The molecular weight excluding hydrogens is 366 g/mol. The van der Waals surface area contributed by atoms with Gasteiger partial charge in [0.2, 0.25) is 0 Å². The predicted octanol–water partition coefficient (Wildman–Crippen LogP) is 4.32. The molecule has 0 amide bonds. The van der Waals surface area contributed by atoms with E-state index in [0.717, 1.165) is 28.0 Å². The summed E-state index contributed by atoms with van der Waals surface area (Å²) < 4.78 is 8.10. The molecule has 1 fully saturated rings. The minimum Gasteiger partial charge on any atom is -0.377 e. The summed E-state index contributed by atoms with van der Waals surface area (Å²) in [5.41, 5.74) is 0. The number of hydrogen-bond donors (Lipinski definition) is 1. The molecule has 0 aliphatic heterocycles. The van der Waals surface area contributed by atoms with Crippen LogP contribution in [0, 0.1) is 0 Å². The van der Waals surface area contributed by atoms with Crippen LogP contribution in [0.5, 0.6) is 0 Å². The fraction of sp³-hybridized carbons (Fsp3) is 0.667. The van der Waals surface area contributed by atoms with Gasteiger partial charge in [-0.1, -0.05) is 12.8 Å². The van der Waals surface area contributed by atoms with Crippen LogP contribution in [0.15, 0.2) is 14.3 Å². The van der Waals surface area contributed by atoms with Crippen molar-refractivity contribution >= 4 is 43.2 Å². The second kappa shape index (κ2) is 7.24. The summed E-state index contributed by atoms with van der Waals surface area (Å²) in [4.78, 5) is 1.34. The number of hydrogen-bond acceptors (Lipinski definition) is 3. The van der Waals surface area contributed by atoms with E-state index >= 15 is 0 Å². The standard InChI is InChI=1S/C12H17Br2NOS/c13-11-7-10(17-12(11)14)8-15-5-6-16-9-3-1-2-4-9/h7,9,15H,1-6,8H2. The molecule has 1 saturated carbocycles. The zero-order chi connectivity index (χ0) is 12.1. The first kappa shape index (κ1) is 14.0. The van der Waals surface area contributed by atoms with Crippen molar-refractivity contribution in [3.63, 3.8) is 0 Å². The number of thiophene rings is 1. The lowest BCUT2D eigenvalue weighted by molar-refractivity contribution is 0.0603. The average molecular weight is 383 g/mol. The number of rotatable bonds is 6. The summed E-state index contributed by atoms with van der Waals surface area (Å²) in [5, 5.41) is 3.41. The van der Waals surface area contributed by atoms with Crippen molar-refractivity contribution in [2.45, 2.75) is 38.3 Å². The zero-order valence-corrected chi connectivity index (χ0v) is 13.7. The third-order valence-electron chi connectivity index (χ3n) is 2.93. The fourth-order valence-electron chi connectivity index (χ4n) is 2.04. The van der Waals surface area contributed by atoms with Gasteiger partial charge >= 0.3 is 0 Å². The average Bonchev–Trinajstić information content (AvgIpc) is 2.90. The Kier molecular flexibility index (Phi) is 5.96. The summed E-state index contributed by atoms with van der Waals surface area (Å²) in [5.74, 6) is 0. The number of halogens is 2. The van der Waals surface area contributed by atoms with Gasteiger partial charge in [0.15, 0.2) is 0 Å². The van der Waals surface area contributed by atoms with Crippen LogP contribution in [-0.4, -0.2) is 19.3 Å². The highest BCUT2D eigenvalue weighted by Gasteiger charge is 2.14. The summed E-state index contributed by atoms with van der Waals surface area (Å²) >= 11 is 8.76. The minimum atomic E-state index is 0.529. The monoisotopic (exact) mass is 381 g/mol. The third-order valence-corrected chi connectivity index (χ3v) is 6.19. The first-order chi connectivity index (χ1) is 8.25. The van der Waals surface area contributed by atoms with Crippen LogP contribution in [0.1, 0.15) is 30.6 Å². The van der Waals surface area contributed by atoms with Gasteiger partial charge in [0.1, 0.15) is 0 Å². The van der Waals surface area contributed by atoms with E-state index in [1.54, 1.807) is 11.3 Å². The summed E-state index contributed by atoms with van der Waals surface area (Å²) in [6, 6.07) is 2.15. The van der Waals surface area contributed by atoms with Gasteiger partial charge in [-0.25, -0.2) is 0 Å². The van der Waals surface area contributed by atoms with E-state index in [0.29, 0.717) is 6.10 Å². The Balaban J connectivity index is 1.56. The molecule has 17 heavy (non-hydrogen) atoms. The van der Waals surface area contributed by atoms with Crippen LogP contribution < -0.4 is 5.32 Å². The van der Waals surface area contributed by atoms with E-state index in [1.165, 1.54) is 30.6 Å². The summed E-state index contributed by atoms with van der Waals surface area (Å²) in [7, 11) is 0. The Bertz CT molecular complexity index is 331. The van der Waals surface area contributed by atoms with Gasteiger partial charge in [-0.15, -0.1) is 11.3 Å². The van der Waals surface area contributed by atoms with Crippen molar-refractivity contribution in [1.82, 2.24) is 5.32 Å². The van der Waals surface area contributed by atoms with Gasteiger partial charge in [-0.2, -0.15) is 0 Å². The highest BCUT2D eigenvalue weighted by atomic mass is 79.9. The molecule has 1 aromatic heterocycles. The molecule has 0 spiro atoms. The lowest BCUT2D eigenvalue weighted by atomic mass is 10.3. The quantitative estimate of drug-likeness (QED) is 0.739. The molecule has 1 aliphatic carbocycles. The van der Waals surface area contributed by atoms with Crippen LogP contribution in [0.2, 0.25) is 0 Å². The van der Waals surface area contributed by atoms with E-state index in [9.17, 15) is 0 Å².